The van der Waals surface area contributed by atoms with E-state index in [0.717, 1.165) is 56.4 Å². The Morgan fingerprint density at radius 1 is 1.16 bits per heavy atom. The fourth-order valence-corrected chi connectivity index (χ4v) is 3.02. The van der Waals surface area contributed by atoms with Gasteiger partial charge in [0.2, 0.25) is 0 Å². The molecular weight excluding hydrogens is 314 g/mol. The zero-order valence-electron chi connectivity index (χ0n) is 16.9. The lowest BCUT2D eigenvalue weighted by Crippen LogP contribution is -2.45. The average Bonchev–Trinajstić information content (AvgIpc) is 3.08. The van der Waals surface area contributed by atoms with Crippen LogP contribution in [0.2, 0.25) is 0 Å². The summed E-state index contributed by atoms with van der Waals surface area (Å²) in [6.07, 6.45) is 2.17. The van der Waals surface area contributed by atoms with Gasteiger partial charge in [0.1, 0.15) is 6.54 Å². The predicted octanol–water partition coefficient (Wildman–Crippen LogP) is 3.36. The molecule has 2 N–H and O–H groups in total. The van der Waals surface area contributed by atoms with Crippen LogP contribution in [-0.4, -0.2) is 48.2 Å². The van der Waals surface area contributed by atoms with Crippen molar-refractivity contribution in [3.05, 3.63) is 17.5 Å². The number of likely N-dealkylation sites (N-methyl/N-ethyl adjacent to an activating group) is 1. The van der Waals surface area contributed by atoms with E-state index in [0.29, 0.717) is 18.5 Å². The van der Waals surface area contributed by atoms with E-state index >= 15 is 0 Å². The summed E-state index contributed by atoms with van der Waals surface area (Å²) in [7, 11) is 0. The summed E-state index contributed by atoms with van der Waals surface area (Å²) in [5, 5.41) is 10.9. The molecule has 144 valence electrons. The number of hydrogen-bond donors (Lipinski definition) is 2. The minimum Gasteiger partial charge on any atom is -0.359 e. The van der Waals surface area contributed by atoms with E-state index in [2.05, 4.69) is 67.2 Å². The molecule has 0 aromatic carbocycles. The van der Waals surface area contributed by atoms with Crippen molar-refractivity contribution in [2.45, 2.75) is 72.9 Å². The third-order valence-corrected chi connectivity index (χ3v) is 4.72. The van der Waals surface area contributed by atoms with Crippen molar-refractivity contribution in [3.8, 4) is 0 Å². The summed E-state index contributed by atoms with van der Waals surface area (Å²) in [6, 6.07) is 2.51. The van der Waals surface area contributed by atoms with E-state index in [9.17, 15) is 0 Å². The van der Waals surface area contributed by atoms with E-state index in [1.807, 2.05) is 6.07 Å². The van der Waals surface area contributed by atoms with Gasteiger partial charge in [-0.25, -0.2) is 4.99 Å². The van der Waals surface area contributed by atoms with Crippen LogP contribution in [0.3, 0.4) is 0 Å². The van der Waals surface area contributed by atoms with Crippen molar-refractivity contribution < 1.29 is 4.52 Å². The summed E-state index contributed by atoms with van der Waals surface area (Å²) in [4.78, 5) is 7.06. The monoisotopic (exact) mass is 351 g/mol. The average molecular weight is 352 g/mol. The van der Waals surface area contributed by atoms with Gasteiger partial charge in [-0.1, -0.05) is 32.9 Å². The van der Waals surface area contributed by atoms with Crippen LogP contribution in [-0.2, 0) is 6.54 Å². The zero-order chi connectivity index (χ0) is 18.7. The Hall–Kier alpha value is -1.56. The van der Waals surface area contributed by atoms with Gasteiger partial charge in [-0.2, -0.15) is 0 Å². The fourth-order valence-electron chi connectivity index (χ4n) is 3.02. The fraction of sp³-hybridized carbons (Fsp3) is 0.789. The van der Waals surface area contributed by atoms with Crippen LogP contribution in [0, 0.1) is 0 Å². The Morgan fingerprint density at radius 3 is 2.40 bits per heavy atom. The number of rotatable bonds is 11. The molecule has 0 saturated carbocycles. The number of nitrogens with zero attached hydrogens (tertiary/aromatic N) is 3. The Bertz CT molecular complexity index is 492. The first-order valence-electron chi connectivity index (χ1n) is 9.81. The van der Waals surface area contributed by atoms with Crippen LogP contribution in [0.15, 0.2) is 15.6 Å². The van der Waals surface area contributed by atoms with Crippen molar-refractivity contribution in [1.29, 1.82) is 0 Å². The highest BCUT2D eigenvalue weighted by Crippen LogP contribution is 2.22. The molecule has 0 saturated heterocycles. The second kappa shape index (κ2) is 11.9. The largest absolute Gasteiger partial charge is 0.359 e. The quantitative estimate of drug-likeness (QED) is 0.473. The van der Waals surface area contributed by atoms with Gasteiger partial charge in [0.15, 0.2) is 11.7 Å². The molecule has 1 heterocycles. The van der Waals surface area contributed by atoms with E-state index in [4.69, 9.17) is 4.52 Å². The van der Waals surface area contributed by atoms with Crippen molar-refractivity contribution in [2.24, 2.45) is 4.99 Å². The molecule has 1 aromatic heterocycles. The molecule has 0 fully saturated rings. The van der Waals surface area contributed by atoms with Gasteiger partial charge in [-0.3, -0.25) is 4.90 Å². The van der Waals surface area contributed by atoms with E-state index < -0.39 is 0 Å². The first kappa shape index (κ1) is 21.5. The number of aliphatic imine (C=N–C) groups is 1. The Kier molecular flexibility index (Phi) is 10.2. The van der Waals surface area contributed by atoms with Crippen molar-refractivity contribution >= 4 is 5.96 Å². The maximum absolute atomic E-state index is 5.46. The van der Waals surface area contributed by atoms with Crippen molar-refractivity contribution in [2.75, 3.05) is 26.2 Å². The third kappa shape index (κ3) is 7.06. The number of guanidine groups is 1. The molecule has 6 nitrogen and oxygen atoms in total. The molecule has 0 amide bonds. The van der Waals surface area contributed by atoms with Gasteiger partial charge < -0.3 is 15.2 Å². The molecule has 0 aliphatic carbocycles. The minimum atomic E-state index is 0.464. The first-order valence-corrected chi connectivity index (χ1v) is 9.81. The molecule has 1 rings (SSSR count). The molecule has 0 bridgehead atoms. The zero-order valence-corrected chi connectivity index (χ0v) is 16.9. The molecule has 1 aromatic rings. The SMILES string of the molecule is CCNC(=NCc1cc(C(CC)CC)no1)NCC(C)N(CC)CC. The molecule has 0 radical (unpaired) electrons. The summed E-state index contributed by atoms with van der Waals surface area (Å²) in [6.45, 7) is 17.4. The lowest BCUT2D eigenvalue weighted by molar-refractivity contribution is 0.231. The van der Waals surface area contributed by atoms with Crippen molar-refractivity contribution in [1.82, 2.24) is 20.7 Å². The summed E-state index contributed by atoms with van der Waals surface area (Å²) in [5.41, 5.74) is 1.04. The molecule has 0 spiro atoms. The predicted molar refractivity (Wildman–Crippen MR) is 105 cm³/mol. The number of nitrogens with one attached hydrogen (secondary N) is 2. The molecular formula is C19H37N5O. The lowest BCUT2D eigenvalue weighted by atomic mass is 9.99. The highest BCUT2D eigenvalue weighted by atomic mass is 16.5. The van der Waals surface area contributed by atoms with Crippen LogP contribution < -0.4 is 10.6 Å². The van der Waals surface area contributed by atoms with Crippen LogP contribution in [0.25, 0.3) is 0 Å². The van der Waals surface area contributed by atoms with Gasteiger partial charge in [-0.05, 0) is 39.8 Å². The number of hydrogen-bond acceptors (Lipinski definition) is 4. The molecule has 1 atom stereocenters. The van der Waals surface area contributed by atoms with Crippen LogP contribution in [0.1, 0.15) is 71.8 Å². The van der Waals surface area contributed by atoms with Gasteiger partial charge >= 0.3 is 0 Å². The van der Waals surface area contributed by atoms with Gasteiger partial charge in [-0.15, -0.1) is 0 Å². The highest BCUT2D eigenvalue weighted by molar-refractivity contribution is 5.79. The lowest BCUT2D eigenvalue weighted by Gasteiger charge is -2.27. The van der Waals surface area contributed by atoms with Crippen molar-refractivity contribution in [3.63, 3.8) is 0 Å². The molecule has 6 heteroatoms. The topological polar surface area (TPSA) is 65.7 Å². The smallest absolute Gasteiger partial charge is 0.191 e. The standard InChI is InChI=1S/C19H37N5O/c1-7-16(8-2)18-12-17(25-23-18)14-22-19(20-9-3)21-13-15(6)24(10-4)11-5/h12,15-16H,7-11,13-14H2,1-6H3,(H2,20,21,22). The van der Waals surface area contributed by atoms with Crippen LogP contribution in [0.5, 0.6) is 0 Å². The molecule has 0 aliphatic rings. The summed E-state index contributed by atoms with van der Waals surface area (Å²) in [5.74, 6) is 2.11. The maximum atomic E-state index is 5.46. The van der Waals surface area contributed by atoms with Gasteiger partial charge in [0, 0.05) is 31.1 Å². The Morgan fingerprint density at radius 2 is 1.84 bits per heavy atom. The van der Waals surface area contributed by atoms with E-state index in [1.54, 1.807) is 0 Å². The number of aromatic nitrogens is 1. The molecule has 1 unspecified atom stereocenters. The summed E-state index contributed by atoms with van der Waals surface area (Å²) >= 11 is 0. The molecule has 0 aliphatic heterocycles. The Labute approximate surface area is 153 Å². The maximum Gasteiger partial charge on any atom is 0.191 e. The second-order valence-corrected chi connectivity index (χ2v) is 6.38. The first-order chi connectivity index (χ1) is 12.1. The van der Waals surface area contributed by atoms with Gasteiger partial charge in [0.05, 0.1) is 5.69 Å². The van der Waals surface area contributed by atoms with Crippen LogP contribution in [0.4, 0.5) is 0 Å². The highest BCUT2D eigenvalue weighted by Gasteiger charge is 2.13. The van der Waals surface area contributed by atoms with Crippen LogP contribution >= 0.6 is 0 Å². The second-order valence-electron chi connectivity index (χ2n) is 6.38. The third-order valence-electron chi connectivity index (χ3n) is 4.72. The van der Waals surface area contributed by atoms with Gasteiger partial charge in [0.25, 0.3) is 0 Å². The van der Waals surface area contributed by atoms with E-state index in [-0.39, 0.29) is 0 Å². The normalized spacial score (nSPS) is 13.5. The molecule has 25 heavy (non-hydrogen) atoms. The minimum absolute atomic E-state index is 0.464. The van der Waals surface area contributed by atoms with E-state index in [1.165, 1.54) is 0 Å². The Balaban J connectivity index is 2.63. The summed E-state index contributed by atoms with van der Waals surface area (Å²) < 4.78 is 5.46.